The molecule has 0 amide bonds. The highest BCUT2D eigenvalue weighted by molar-refractivity contribution is 5.86. The lowest BCUT2D eigenvalue weighted by Crippen LogP contribution is -2.30. The fourth-order valence-corrected chi connectivity index (χ4v) is 4.12. The van der Waals surface area contributed by atoms with Crippen LogP contribution in [-0.4, -0.2) is 43.3 Å². The molecule has 0 aliphatic heterocycles. The highest BCUT2D eigenvalue weighted by Crippen LogP contribution is 2.27. The van der Waals surface area contributed by atoms with Gasteiger partial charge >= 0.3 is 0 Å². The summed E-state index contributed by atoms with van der Waals surface area (Å²) >= 11 is 0. The van der Waals surface area contributed by atoms with Crippen LogP contribution in [0.1, 0.15) is 32.6 Å². The summed E-state index contributed by atoms with van der Waals surface area (Å²) in [5, 5.41) is 9.17. The lowest BCUT2D eigenvalue weighted by atomic mass is 9.93. The number of nitrogens with zero attached hydrogens (tertiary/aromatic N) is 5. The van der Waals surface area contributed by atoms with Crippen LogP contribution >= 0.6 is 0 Å². The average Bonchev–Trinajstić information content (AvgIpc) is 3.18. The predicted molar refractivity (Wildman–Crippen MR) is 113 cm³/mol. The Labute approximate surface area is 169 Å². The summed E-state index contributed by atoms with van der Waals surface area (Å²) in [6.45, 7) is 2.85. The monoisotopic (exact) mass is 388 g/mol. The van der Waals surface area contributed by atoms with Gasteiger partial charge in [-0.2, -0.15) is 0 Å². The second-order valence-electron chi connectivity index (χ2n) is 7.49. The molecule has 5 rings (SSSR count). The van der Waals surface area contributed by atoms with Gasteiger partial charge in [-0.25, -0.2) is 19.5 Å². The number of fused-ring (bicyclic) bond motifs is 2. The van der Waals surface area contributed by atoms with Crippen molar-refractivity contribution in [3.05, 3.63) is 49.1 Å². The Kier molecular flexibility index (Phi) is 4.81. The molecule has 0 spiro atoms. The van der Waals surface area contributed by atoms with Crippen LogP contribution < -0.4 is 5.32 Å². The van der Waals surface area contributed by atoms with Crippen LogP contribution in [0, 0.1) is 0 Å². The van der Waals surface area contributed by atoms with E-state index in [2.05, 4.69) is 44.4 Å². The largest absolute Gasteiger partial charge is 0.379 e. The van der Waals surface area contributed by atoms with Gasteiger partial charge < -0.3 is 10.1 Å². The minimum atomic E-state index is 0.399. The van der Waals surface area contributed by atoms with E-state index in [1.165, 1.54) is 0 Å². The third-order valence-corrected chi connectivity index (χ3v) is 5.59. The van der Waals surface area contributed by atoms with Crippen LogP contribution in [0.15, 0.2) is 49.1 Å². The molecular formula is C22H24N6O. The van der Waals surface area contributed by atoms with E-state index in [-0.39, 0.29) is 0 Å². The second kappa shape index (κ2) is 7.75. The highest BCUT2D eigenvalue weighted by atomic mass is 16.5. The molecule has 0 saturated heterocycles. The molecule has 1 aliphatic rings. The minimum Gasteiger partial charge on any atom is -0.379 e. The fourth-order valence-electron chi connectivity index (χ4n) is 4.12. The molecule has 0 atom stereocenters. The maximum absolute atomic E-state index is 5.74. The van der Waals surface area contributed by atoms with E-state index in [0.717, 1.165) is 60.0 Å². The van der Waals surface area contributed by atoms with Crippen molar-refractivity contribution >= 4 is 22.5 Å². The first-order valence-electron chi connectivity index (χ1n) is 10.2. The van der Waals surface area contributed by atoms with Crippen LogP contribution in [0.3, 0.4) is 0 Å². The maximum atomic E-state index is 5.74. The summed E-state index contributed by atoms with van der Waals surface area (Å²) in [4.78, 5) is 13.3. The Morgan fingerprint density at radius 2 is 2.00 bits per heavy atom. The molecule has 4 heterocycles. The van der Waals surface area contributed by atoms with Crippen molar-refractivity contribution in [2.24, 2.45) is 0 Å². The maximum Gasteiger partial charge on any atom is 0.241 e. The smallest absolute Gasteiger partial charge is 0.241 e. The first-order chi connectivity index (χ1) is 14.3. The van der Waals surface area contributed by atoms with Crippen molar-refractivity contribution in [2.45, 2.75) is 44.8 Å². The van der Waals surface area contributed by atoms with Crippen LogP contribution in [0.4, 0.5) is 5.95 Å². The summed E-state index contributed by atoms with van der Waals surface area (Å²) in [7, 11) is 0. The normalized spacial score (nSPS) is 19.6. The Hall–Kier alpha value is -3.06. The van der Waals surface area contributed by atoms with Crippen molar-refractivity contribution in [2.75, 3.05) is 11.9 Å². The molecule has 0 radical (unpaired) electrons. The minimum absolute atomic E-state index is 0.399. The third-order valence-electron chi connectivity index (χ3n) is 5.59. The van der Waals surface area contributed by atoms with Crippen molar-refractivity contribution in [3.8, 4) is 11.1 Å². The Morgan fingerprint density at radius 1 is 1.10 bits per heavy atom. The number of hydrogen-bond donors (Lipinski definition) is 1. The van der Waals surface area contributed by atoms with Gasteiger partial charge in [0.15, 0.2) is 5.65 Å². The zero-order valence-electron chi connectivity index (χ0n) is 16.5. The van der Waals surface area contributed by atoms with Gasteiger partial charge in [-0.05, 0) is 56.9 Å². The van der Waals surface area contributed by atoms with Gasteiger partial charge in [0.05, 0.1) is 17.8 Å². The van der Waals surface area contributed by atoms with E-state index in [1.54, 1.807) is 6.20 Å². The molecule has 29 heavy (non-hydrogen) atoms. The Bertz CT molecular complexity index is 1130. The van der Waals surface area contributed by atoms with Gasteiger partial charge in [0, 0.05) is 47.8 Å². The van der Waals surface area contributed by atoms with Gasteiger partial charge in [0.2, 0.25) is 5.95 Å². The summed E-state index contributed by atoms with van der Waals surface area (Å²) in [6, 6.07) is 8.51. The molecule has 1 N–H and O–H groups in total. The Morgan fingerprint density at radius 3 is 2.86 bits per heavy atom. The molecule has 0 aromatic carbocycles. The van der Waals surface area contributed by atoms with Gasteiger partial charge in [-0.1, -0.05) is 0 Å². The Balaban J connectivity index is 1.36. The lowest BCUT2D eigenvalue weighted by Gasteiger charge is -2.28. The van der Waals surface area contributed by atoms with Gasteiger partial charge in [-0.3, -0.25) is 0 Å². The number of pyridine rings is 2. The zero-order chi connectivity index (χ0) is 19.6. The molecule has 1 saturated carbocycles. The van der Waals surface area contributed by atoms with Gasteiger partial charge in [0.25, 0.3) is 0 Å². The van der Waals surface area contributed by atoms with Gasteiger partial charge in [-0.15, -0.1) is 5.10 Å². The first kappa shape index (κ1) is 18.0. The molecule has 7 heteroatoms. The van der Waals surface area contributed by atoms with E-state index in [0.29, 0.717) is 18.1 Å². The number of hydrogen-bond acceptors (Lipinski definition) is 6. The summed E-state index contributed by atoms with van der Waals surface area (Å²) in [6.07, 6.45) is 12.2. The number of ether oxygens (including phenoxy) is 1. The van der Waals surface area contributed by atoms with E-state index in [9.17, 15) is 0 Å². The second-order valence-corrected chi connectivity index (χ2v) is 7.49. The molecular weight excluding hydrogens is 364 g/mol. The molecule has 4 aromatic heterocycles. The highest BCUT2D eigenvalue weighted by Gasteiger charge is 2.22. The lowest BCUT2D eigenvalue weighted by molar-refractivity contribution is 0.0346. The SMILES string of the molecule is CCOC1CCC(Nc2ncc3c(-c4cnc5ncccc5c4)ccn3n2)CC1. The fraction of sp³-hybridized carbons (Fsp3) is 0.364. The summed E-state index contributed by atoms with van der Waals surface area (Å²) in [5.41, 5.74) is 3.81. The summed E-state index contributed by atoms with van der Waals surface area (Å²) in [5.74, 6) is 0.667. The van der Waals surface area contributed by atoms with Crippen LogP contribution in [0.5, 0.6) is 0 Å². The van der Waals surface area contributed by atoms with E-state index in [1.807, 2.05) is 35.2 Å². The zero-order valence-corrected chi connectivity index (χ0v) is 16.5. The van der Waals surface area contributed by atoms with Crippen molar-refractivity contribution in [1.29, 1.82) is 0 Å². The van der Waals surface area contributed by atoms with Crippen LogP contribution in [0.25, 0.3) is 27.7 Å². The molecule has 0 bridgehead atoms. The molecule has 1 fully saturated rings. The van der Waals surface area contributed by atoms with Crippen LogP contribution in [-0.2, 0) is 4.74 Å². The van der Waals surface area contributed by atoms with E-state index < -0.39 is 0 Å². The predicted octanol–water partition coefficient (Wildman–Crippen LogP) is 4.10. The average molecular weight is 388 g/mol. The molecule has 4 aromatic rings. The summed E-state index contributed by atoms with van der Waals surface area (Å²) < 4.78 is 7.62. The van der Waals surface area contributed by atoms with Gasteiger partial charge in [0.1, 0.15) is 0 Å². The molecule has 1 aliphatic carbocycles. The van der Waals surface area contributed by atoms with Crippen molar-refractivity contribution in [1.82, 2.24) is 24.6 Å². The van der Waals surface area contributed by atoms with Crippen molar-refractivity contribution in [3.63, 3.8) is 0 Å². The quantitative estimate of drug-likeness (QED) is 0.555. The third kappa shape index (κ3) is 3.65. The number of aromatic nitrogens is 5. The standard InChI is InChI=1S/C22H24N6O/c1-2-29-18-7-5-17(6-8-18)26-22-25-14-20-19(9-11-28(20)27-22)16-12-15-4-3-10-23-21(15)24-13-16/h3-4,9-14,17-18H,2,5-8H2,1H3,(H,26,27). The number of anilines is 1. The molecule has 148 valence electrons. The molecule has 7 nitrogen and oxygen atoms in total. The first-order valence-corrected chi connectivity index (χ1v) is 10.2. The topological polar surface area (TPSA) is 77.2 Å². The van der Waals surface area contributed by atoms with E-state index >= 15 is 0 Å². The number of nitrogens with one attached hydrogen (secondary N) is 1. The molecule has 0 unspecified atom stereocenters. The number of rotatable bonds is 5. The van der Waals surface area contributed by atoms with Crippen LogP contribution in [0.2, 0.25) is 0 Å². The van der Waals surface area contributed by atoms with Crippen molar-refractivity contribution < 1.29 is 4.74 Å². The van der Waals surface area contributed by atoms with E-state index in [4.69, 9.17) is 4.74 Å².